The van der Waals surface area contributed by atoms with Crippen LogP contribution < -0.4 is 0 Å². The first kappa shape index (κ1) is 10.9. The fourth-order valence-electron chi connectivity index (χ4n) is 3.09. The average Bonchev–Trinajstić information content (AvgIpc) is 2.30. The Labute approximate surface area is 91.5 Å². The van der Waals surface area contributed by atoms with Crippen molar-refractivity contribution >= 4 is 5.97 Å². The maximum absolute atomic E-state index is 11.2. The molecule has 0 spiro atoms. The van der Waals surface area contributed by atoms with Gasteiger partial charge in [-0.25, -0.2) is 0 Å². The molecule has 0 bridgehead atoms. The van der Waals surface area contributed by atoms with Crippen molar-refractivity contribution in [2.45, 2.75) is 51.0 Å². The van der Waals surface area contributed by atoms with Crippen LogP contribution in [-0.2, 0) is 4.79 Å². The van der Waals surface area contributed by atoms with Crippen LogP contribution >= 0.6 is 0 Å². The van der Waals surface area contributed by atoms with Crippen molar-refractivity contribution in [1.29, 1.82) is 0 Å². The lowest BCUT2D eigenvalue weighted by Crippen LogP contribution is -2.47. The quantitative estimate of drug-likeness (QED) is 0.760. The van der Waals surface area contributed by atoms with Crippen LogP contribution in [0.25, 0.3) is 0 Å². The van der Waals surface area contributed by atoms with Gasteiger partial charge >= 0.3 is 5.97 Å². The molecule has 2 fully saturated rings. The minimum atomic E-state index is -0.578. The summed E-state index contributed by atoms with van der Waals surface area (Å²) in [6, 6.07) is 0.330. The first-order valence-corrected chi connectivity index (χ1v) is 6.26. The molecular weight excluding hydrogens is 190 g/mol. The van der Waals surface area contributed by atoms with Gasteiger partial charge in [-0.2, -0.15) is 0 Å². The van der Waals surface area contributed by atoms with E-state index in [1.54, 1.807) is 0 Å². The maximum Gasteiger partial charge on any atom is 0.308 e. The zero-order valence-corrected chi connectivity index (χ0v) is 9.32. The predicted molar refractivity (Wildman–Crippen MR) is 58.8 cm³/mol. The first-order chi connectivity index (χ1) is 7.29. The number of hydrogen-bond donors (Lipinski definition) is 1. The summed E-state index contributed by atoms with van der Waals surface area (Å²) in [5.74, 6) is -0.679. The van der Waals surface area contributed by atoms with E-state index in [0.29, 0.717) is 6.04 Å². The Kier molecular flexibility index (Phi) is 3.62. The third kappa shape index (κ3) is 2.51. The summed E-state index contributed by atoms with van der Waals surface area (Å²) in [6.45, 7) is 2.24. The Bertz CT molecular complexity index is 224. The summed E-state index contributed by atoms with van der Waals surface area (Å²) < 4.78 is 0. The van der Waals surface area contributed by atoms with Gasteiger partial charge in [0, 0.05) is 6.04 Å². The van der Waals surface area contributed by atoms with E-state index >= 15 is 0 Å². The second-order valence-electron chi connectivity index (χ2n) is 4.89. The smallest absolute Gasteiger partial charge is 0.308 e. The van der Waals surface area contributed by atoms with Crippen LogP contribution in [0.2, 0.25) is 0 Å². The minimum Gasteiger partial charge on any atom is -0.481 e. The number of piperidine rings is 1. The van der Waals surface area contributed by atoms with Gasteiger partial charge in [-0.3, -0.25) is 9.69 Å². The monoisotopic (exact) mass is 211 g/mol. The Morgan fingerprint density at radius 2 is 1.67 bits per heavy atom. The van der Waals surface area contributed by atoms with Gasteiger partial charge in [0.2, 0.25) is 0 Å². The highest BCUT2D eigenvalue weighted by Gasteiger charge is 2.34. The topological polar surface area (TPSA) is 40.5 Å². The van der Waals surface area contributed by atoms with Gasteiger partial charge in [0.05, 0.1) is 5.92 Å². The summed E-state index contributed by atoms with van der Waals surface area (Å²) in [7, 11) is 0. The largest absolute Gasteiger partial charge is 0.481 e. The molecule has 1 aliphatic heterocycles. The summed E-state index contributed by atoms with van der Waals surface area (Å²) in [6.07, 6.45) is 8.12. The molecule has 1 saturated heterocycles. The van der Waals surface area contributed by atoms with E-state index < -0.39 is 5.97 Å². The van der Waals surface area contributed by atoms with Crippen LogP contribution in [0.15, 0.2) is 0 Å². The normalized spacial score (nSPS) is 33.9. The van der Waals surface area contributed by atoms with E-state index in [1.807, 2.05) is 0 Å². The van der Waals surface area contributed by atoms with Crippen molar-refractivity contribution in [1.82, 2.24) is 4.90 Å². The average molecular weight is 211 g/mol. The van der Waals surface area contributed by atoms with Crippen molar-refractivity contribution in [2.75, 3.05) is 13.1 Å². The summed E-state index contributed by atoms with van der Waals surface area (Å²) in [5, 5.41) is 9.21. The van der Waals surface area contributed by atoms with Gasteiger partial charge in [-0.05, 0) is 38.8 Å². The van der Waals surface area contributed by atoms with E-state index in [0.717, 1.165) is 32.4 Å². The number of carboxylic acid groups (broad SMARTS) is 1. The molecule has 3 nitrogen and oxygen atoms in total. The van der Waals surface area contributed by atoms with Crippen molar-refractivity contribution in [3.8, 4) is 0 Å². The molecule has 1 heterocycles. The first-order valence-electron chi connectivity index (χ1n) is 6.26. The van der Waals surface area contributed by atoms with Gasteiger partial charge < -0.3 is 5.11 Å². The highest BCUT2D eigenvalue weighted by molar-refractivity contribution is 5.71. The fraction of sp³-hybridized carbons (Fsp3) is 0.917. The van der Waals surface area contributed by atoms with E-state index in [4.69, 9.17) is 0 Å². The lowest BCUT2D eigenvalue weighted by molar-refractivity contribution is -0.145. The summed E-state index contributed by atoms with van der Waals surface area (Å²) in [4.78, 5) is 13.6. The number of aliphatic carboxylic acids is 1. The van der Waals surface area contributed by atoms with Crippen LogP contribution in [0.3, 0.4) is 0 Å². The van der Waals surface area contributed by atoms with E-state index in [9.17, 15) is 9.90 Å². The number of likely N-dealkylation sites (tertiary alicyclic amines) is 1. The van der Waals surface area contributed by atoms with E-state index in [-0.39, 0.29) is 5.92 Å². The zero-order valence-electron chi connectivity index (χ0n) is 9.32. The highest BCUT2D eigenvalue weighted by Crippen LogP contribution is 2.30. The number of rotatable bonds is 2. The predicted octanol–water partition coefficient (Wildman–Crippen LogP) is 2.12. The molecule has 86 valence electrons. The van der Waals surface area contributed by atoms with Crippen molar-refractivity contribution in [2.24, 2.45) is 5.92 Å². The van der Waals surface area contributed by atoms with Crippen LogP contribution in [0, 0.1) is 5.92 Å². The second kappa shape index (κ2) is 4.97. The summed E-state index contributed by atoms with van der Waals surface area (Å²) in [5.41, 5.74) is 0. The molecular formula is C12H21NO2. The minimum absolute atomic E-state index is 0.100. The van der Waals surface area contributed by atoms with Crippen molar-refractivity contribution < 1.29 is 9.90 Å². The Morgan fingerprint density at radius 1 is 1.00 bits per heavy atom. The second-order valence-corrected chi connectivity index (χ2v) is 4.89. The van der Waals surface area contributed by atoms with Gasteiger partial charge in [0.1, 0.15) is 0 Å². The van der Waals surface area contributed by atoms with Crippen LogP contribution in [0.1, 0.15) is 44.9 Å². The lowest BCUT2D eigenvalue weighted by Gasteiger charge is -2.40. The molecule has 0 aromatic rings. The SMILES string of the molecule is O=C(O)[C@@H]1CCCC[C@@H]1N1CCCCC1. The number of nitrogens with zero attached hydrogens (tertiary/aromatic N) is 1. The van der Waals surface area contributed by atoms with Crippen molar-refractivity contribution in [3.63, 3.8) is 0 Å². The molecule has 1 aliphatic carbocycles. The third-order valence-electron chi connectivity index (χ3n) is 3.91. The molecule has 0 amide bonds. The third-order valence-corrected chi connectivity index (χ3v) is 3.91. The van der Waals surface area contributed by atoms with Gasteiger partial charge in [0.25, 0.3) is 0 Å². The Hall–Kier alpha value is -0.570. The zero-order chi connectivity index (χ0) is 10.7. The molecule has 2 atom stereocenters. The molecule has 0 radical (unpaired) electrons. The molecule has 2 rings (SSSR count). The van der Waals surface area contributed by atoms with Gasteiger partial charge in [0.15, 0.2) is 0 Å². The van der Waals surface area contributed by atoms with Gasteiger partial charge in [-0.1, -0.05) is 19.3 Å². The number of carbonyl (C=O) groups is 1. The number of carboxylic acids is 1. The molecule has 0 aromatic carbocycles. The van der Waals surface area contributed by atoms with Crippen molar-refractivity contribution in [3.05, 3.63) is 0 Å². The molecule has 1 saturated carbocycles. The van der Waals surface area contributed by atoms with Crippen LogP contribution in [-0.4, -0.2) is 35.1 Å². The van der Waals surface area contributed by atoms with Crippen LogP contribution in [0.4, 0.5) is 0 Å². The molecule has 2 aliphatic rings. The van der Waals surface area contributed by atoms with E-state index in [2.05, 4.69) is 4.90 Å². The Balaban J connectivity index is 1.99. The molecule has 0 unspecified atom stereocenters. The Morgan fingerprint density at radius 3 is 2.33 bits per heavy atom. The summed E-state index contributed by atoms with van der Waals surface area (Å²) >= 11 is 0. The van der Waals surface area contributed by atoms with Crippen LogP contribution in [0.5, 0.6) is 0 Å². The fourth-order valence-corrected chi connectivity index (χ4v) is 3.09. The highest BCUT2D eigenvalue weighted by atomic mass is 16.4. The maximum atomic E-state index is 11.2. The van der Waals surface area contributed by atoms with Gasteiger partial charge in [-0.15, -0.1) is 0 Å². The molecule has 3 heteroatoms. The van der Waals surface area contributed by atoms with E-state index in [1.165, 1.54) is 25.7 Å². The molecule has 1 N–H and O–H groups in total. The standard InChI is InChI=1S/C12H21NO2/c14-12(15)10-6-2-3-7-11(10)13-8-4-1-5-9-13/h10-11H,1-9H2,(H,14,15)/t10-,11+/m1/s1. The molecule has 15 heavy (non-hydrogen) atoms. The molecule has 0 aromatic heterocycles. The number of hydrogen-bond acceptors (Lipinski definition) is 2. The lowest BCUT2D eigenvalue weighted by atomic mass is 9.83.